The monoisotopic (exact) mass is 394 g/mol. The van der Waals surface area contributed by atoms with Gasteiger partial charge in [-0.05, 0) is 57.9 Å². The van der Waals surface area contributed by atoms with Crippen LogP contribution in [0.25, 0.3) is 0 Å². The zero-order valence-corrected chi connectivity index (χ0v) is 15.5. The Balaban J connectivity index is 0.00000200. The molecule has 2 fully saturated rings. The van der Waals surface area contributed by atoms with Crippen molar-refractivity contribution in [1.29, 1.82) is 0 Å². The van der Waals surface area contributed by atoms with Gasteiger partial charge in [0.25, 0.3) is 0 Å². The highest BCUT2D eigenvalue weighted by Crippen LogP contribution is 2.27. The Morgan fingerprint density at radius 2 is 1.80 bits per heavy atom. The van der Waals surface area contributed by atoms with Crippen molar-refractivity contribution < 1.29 is 0 Å². The van der Waals surface area contributed by atoms with Crippen LogP contribution in [0.5, 0.6) is 0 Å². The molecular formula is C15H31IN4. The van der Waals surface area contributed by atoms with Crippen LogP contribution in [0.4, 0.5) is 0 Å². The number of hydrogen-bond acceptors (Lipinski definition) is 2. The number of rotatable bonds is 5. The molecule has 0 radical (unpaired) electrons. The van der Waals surface area contributed by atoms with Gasteiger partial charge in [0.05, 0.1) is 0 Å². The van der Waals surface area contributed by atoms with E-state index in [2.05, 4.69) is 34.4 Å². The van der Waals surface area contributed by atoms with Gasteiger partial charge < -0.3 is 15.5 Å². The molecule has 0 aromatic heterocycles. The molecule has 2 N–H and O–H groups in total. The second-order valence-electron chi connectivity index (χ2n) is 6.37. The van der Waals surface area contributed by atoms with Gasteiger partial charge in [0.15, 0.2) is 5.96 Å². The van der Waals surface area contributed by atoms with E-state index in [1.165, 1.54) is 38.8 Å². The minimum Gasteiger partial charge on any atom is -0.356 e. The molecule has 1 saturated heterocycles. The van der Waals surface area contributed by atoms with E-state index in [4.69, 9.17) is 0 Å². The predicted molar refractivity (Wildman–Crippen MR) is 96.9 cm³/mol. The third-order valence-corrected chi connectivity index (χ3v) is 4.32. The summed E-state index contributed by atoms with van der Waals surface area (Å²) in [5.74, 6) is 2.63. The van der Waals surface area contributed by atoms with Gasteiger partial charge in [-0.25, -0.2) is 0 Å². The van der Waals surface area contributed by atoms with Crippen LogP contribution in [0.15, 0.2) is 4.99 Å². The first-order valence-corrected chi connectivity index (χ1v) is 7.87. The van der Waals surface area contributed by atoms with Crippen LogP contribution in [0.1, 0.15) is 39.5 Å². The van der Waals surface area contributed by atoms with E-state index in [9.17, 15) is 0 Å². The lowest BCUT2D eigenvalue weighted by Crippen LogP contribution is -2.46. The lowest BCUT2D eigenvalue weighted by atomic mass is 9.97. The fraction of sp³-hybridized carbons (Fsp3) is 0.933. The highest BCUT2D eigenvalue weighted by Gasteiger charge is 2.23. The largest absolute Gasteiger partial charge is 0.356 e. The number of hydrogen-bond donors (Lipinski definition) is 2. The molecule has 1 heterocycles. The summed E-state index contributed by atoms with van der Waals surface area (Å²) < 4.78 is 0. The zero-order chi connectivity index (χ0) is 13.7. The lowest BCUT2D eigenvalue weighted by molar-refractivity contribution is 0.141. The molecule has 2 rings (SSSR count). The minimum atomic E-state index is 0. The number of nitrogens with zero attached hydrogens (tertiary/aromatic N) is 2. The Kier molecular flexibility index (Phi) is 8.17. The van der Waals surface area contributed by atoms with Crippen molar-refractivity contribution in [3.63, 3.8) is 0 Å². The summed E-state index contributed by atoms with van der Waals surface area (Å²) >= 11 is 0. The number of aliphatic imine (C=N–C) groups is 1. The Hall–Kier alpha value is -0.0400. The van der Waals surface area contributed by atoms with Crippen molar-refractivity contribution >= 4 is 29.9 Å². The molecule has 1 saturated carbocycles. The van der Waals surface area contributed by atoms with Crippen LogP contribution >= 0.6 is 24.0 Å². The standard InChI is InChI=1S/C15H30N4.HI/c1-12(2)19-8-4-5-14(11-19)10-18-15(16-3)17-9-13-6-7-13;/h12-14H,4-11H2,1-3H3,(H2,16,17,18);1H. The molecule has 1 atom stereocenters. The Labute approximate surface area is 141 Å². The first-order chi connectivity index (χ1) is 9.19. The SMILES string of the molecule is CN=C(NCC1CC1)NCC1CCCN(C(C)C)C1.I. The van der Waals surface area contributed by atoms with Gasteiger partial charge >= 0.3 is 0 Å². The molecule has 118 valence electrons. The Morgan fingerprint density at radius 3 is 2.35 bits per heavy atom. The molecule has 0 bridgehead atoms. The number of halogens is 1. The maximum Gasteiger partial charge on any atom is 0.190 e. The predicted octanol–water partition coefficient (Wildman–Crippen LogP) is 2.30. The number of piperidine rings is 1. The van der Waals surface area contributed by atoms with E-state index in [0.29, 0.717) is 6.04 Å². The molecule has 1 aliphatic carbocycles. The van der Waals surface area contributed by atoms with Crippen molar-refractivity contribution in [2.75, 3.05) is 33.2 Å². The second-order valence-corrected chi connectivity index (χ2v) is 6.37. The molecule has 0 spiro atoms. The molecule has 0 amide bonds. The van der Waals surface area contributed by atoms with E-state index in [-0.39, 0.29) is 24.0 Å². The van der Waals surface area contributed by atoms with Crippen molar-refractivity contribution in [2.45, 2.75) is 45.6 Å². The van der Waals surface area contributed by atoms with Gasteiger partial charge in [0.2, 0.25) is 0 Å². The molecule has 0 aromatic carbocycles. The van der Waals surface area contributed by atoms with E-state index < -0.39 is 0 Å². The third kappa shape index (κ3) is 6.16. The molecule has 4 nitrogen and oxygen atoms in total. The molecular weight excluding hydrogens is 363 g/mol. The van der Waals surface area contributed by atoms with Gasteiger partial charge in [-0.15, -0.1) is 24.0 Å². The topological polar surface area (TPSA) is 39.7 Å². The van der Waals surface area contributed by atoms with Gasteiger partial charge in [-0.3, -0.25) is 4.99 Å². The third-order valence-electron chi connectivity index (χ3n) is 4.32. The van der Waals surface area contributed by atoms with Crippen molar-refractivity contribution in [2.24, 2.45) is 16.8 Å². The summed E-state index contributed by atoms with van der Waals surface area (Å²) in [4.78, 5) is 6.90. The number of nitrogens with one attached hydrogen (secondary N) is 2. The van der Waals surface area contributed by atoms with Gasteiger partial charge in [-0.2, -0.15) is 0 Å². The van der Waals surface area contributed by atoms with Crippen LogP contribution in [0.3, 0.4) is 0 Å². The maximum atomic E-state index is 4.31. The lowest BCUT2D eigenvalue weighted by Gasteiger charge is -2.35. The molecule has 20 heavy (non-hydrogen) atoms. The fourth-order valence-corrected chi connectivity index (χ4v) is 2.76. The zero-order valence-electron chi connectivity index (χ0n) is 13.2. The minimum absolute atomic E-state index is 0. The van der Waals surface area contributed by atoms with Crippen LogP contribution in [-0.4, -0.2) is 50.1 Å². The summed E-state index contributed by atoms with van der Waals surface area (Å²) in [7, 11) is 1.86. The molecule has 1 aliphatic heterocycles. The highest BCUT2D eigenvalue weighted by molar-refractivity contribution is 14.0. The summed E-state index contributed by atoms with van der Waals surface area (Å²) in [5, 5.41) is 6.92. The molecule has 2 aliphatic rings. The Bertz CT molecular complexity index is 302. The molecule has 5 heteroatoms. The average molecular weight is 394 g/mol. The van der Waals surface area contributed by atoms with Crippen LogP contribution < -0.4 is 10.6 Å². The van der Waals surface area contributed by atoms with E-state index >= 15 is 0 Å². The van der Waals surface area contributed by atoms with Crippen LogP contribution in [0.2, 0.25) is 0 Å². The van der Waals surface area contributed by atoms with Crippen molar-refractivity contribution in [3.05, 3.63) is 0 Å². The number of likely N-dealkylation sites (tertiary alicyclic amines) is 1. The molecule has 1 unspecified atom stereocenters. The van der Waals surface area contributed by atoms with E-state index in [0.717, 1.165) is 30.9 Å². The molecule has 0 aromatic rings. The maximum absolute atomic E-state index is 4.31. The summed E-state index contributed by atoms with van der Waals surface area (Å²) in [6.07, 6.45) is 5.44. The highest BCUT2D eigenvalue weighted by atomic mass is 127. The Morgan fingerprint density at radius 1 is 1.15 bits per heavy atom. The van der Waals surface area contributed by atoms with Crippen LogP contribution in [0, 0.1) is 11.8 Å². The van der Waals surface area contributed by atoms with Gasteiger partial charge in [-0.1, -0.05) is 0 Å². The van der Waals surface area contributed by atoms with Gasteiger partial charge in [0, 0.05) is 32.7 Å². The fourth-order valence-electron chi connectivity index (χ4n) is 2.76. The summed E-state index contributed by atoms with van der Waals surface area (Å²) in [6, 6.07) is 0.676. The first-order valence-electron chi connectivity index (χ1n) is 7.87. The van der Waals surface area contributed by atoms with Gasteiger partial charge in [0.1, 0.15) is 0 Å². The van der Waals surface area contributed by atoms with E-state index in [1.807, 2.05) is 7.05 Å². The average Bonchev–Trinajstić information content (AvgIpc) is 3.23. The normalized spacial score (nSPS) is 24.4. The van der Waals surface area contributed by atoms with E-state index in [1.54, 1.807) is 0 Å². The quantitative estimate of drug-likeness (QED) is 0.427. The summed E-state index contributed by atoms with van der Waals surface area (Å²) in [5.41, 5.74) is 0. The smallest absolute Gasteiger partial charge is 0.190 e. The first kappa shape index (κ1) is 18.0. The summed E-state index contributed by atoms with van der Waals surface area (Å²) in [6.45, 7) is 9.22. The van der Waals surface area contributed by atoms with Crippen molar-refractivity contribution in [3.8, 4) is 0 Å². The number of guanidine groups is 1. The van der Waals surface area contributed by atoms with Crippen molar-refractivity contribution in [1.82, 2.24) is 15.5 Å². The second kappa shape index (κ2) is 9.07. The van der Waals surface area contributed by atoms with Crippen LogP contribution in [-0.2, 0) is 0 Å².